The van der Waals surface area contributed by atoms with Crippen molar-refractivity contribution in [3.63, 3.8) is 0 Å². The summed E-state index contributed by atoms with van der Waals surface area (Å²) in [7, 11) is 0. The Hall–Kier alpha value is -2.92. The van der Waals surface area contributed by atoms with Crippen molar-refractivity contribution in [2.45, 2.75) is 13.3 Å². The molecule has 138 valence electrons. The first-order valence-electron chi connectivity index (χ1n) is 8.79. The van der Waals surface area contributed by atoms with Gasteiger partial charge in [-0.05, 0) is 31.2 Å². The Morgan fingerprint density at radius 2 is 1.93 bits per heavy atom. The van der Waals surface area contributed by atoms with Gasteiger partial charge < -0.3 is 10.1 Å². The monoisotopic (exact) mass is 378 g/mol. The van der Waals surface area contributed by atoms with Crippen LogP contribution >= 0.6 is 11.3 Å². The lowest BCUT2D eigenvalue weighted by atomic mass is 10.2. The molecule has 4 nitrogen and oxygen atoms in total. The molecule has 5 heteroatoms. The fourth-order valence-electron chi connectivity index (χ4n) is 2.51. The van der Waals surface area contributed by atoms with E-state index in [0.29, 0.717) is 25.1 Å². The molecule has 3 aromatic rings. The Kier molecular flexibility index (Phi) is 6.39. The van der Waals surface area contributed by atoms with Crippen LogP contribution < -0.4 is 10.1 Å². The third kappa shape index (κ3) is 5.28. The van der Waals surface area contributed by atoms with Gasteiger partial charge in [-0.2, -0.15) is 0 Å². The number of rotatable bonds is 8. The van der Waals surface area contributed by atoms with Gasteiger partial charge in [-0.25, -0.2) is 4.98 Å². The first-order chi connectivity index (χ1) is 13.2. The van der Waals surface area contributed by atoms with E-state index in [0.717, 1.165) is 22.0 Å². The number of aromatic nitrogens is 1. The van der Waals surface area contributed by atoms with Crippen LogP contribution in [0.5, 0.6) is 5.75 Å². The standard InChI is InChI=1S/C22H22N2O2S/c1-3-14-26-20-10-8-17(9-11-20)21(25)23-13-12-19-15-27-22(24-19)18-6-4-16(2)5-7-18/h3-11,15H,1,12-14H2,2H3,(H,23,25). The number of benzene rings is 2. The van der Waals surface area contributed by atoms with Crippen LogP contribution in [0.1, 0.15) is 21.6 Å². The summed E-state index contributed by atoms with van der Waals surface area (Å²) in [5.74, 6) is 0.622. The average Bonchev–Trinajstić information content (AvgIpc) is 3.16. The average molecular weight is 378 g/mol. The summed E-state index contributed by atoms with van der Waals surface area (Å²) in [6, 6.07) is 15.4. The second-order valence-electron chi connectivity index (χ2n) is 6.14. The lowest BCUT2D eigenvalue weighted by molar-refractivity contribution is 0.0954. The molecule has 1 N–H and O–H groups in total. The van der Waals surface area contributed by atoms with Crippen LogP contribution in [-0.4, -0.2) is 24.0 Å². The third-order valence-corrected chi connectivity index (χ3v) is 4.94. The van der Waals surface area contributed by atoms with Gasteiger partial charge in [0.2, 0.25) is 0 Å². The van der Waals surface area contributed by atoms with Gasteiger partial charge in [0.1, 0.15) is 17.4 Å². The molecule has 0 radical (unpaired) electrons. The molecule has 0 aliphatic carbocycles. The number of carbonyl (C=O) groups excluding carboxylic acids is 1. The molecule has 1 aromatic heterocycles. The second-order valence-corrected chi connectivity index (χ2v) is 7.00. The van der Waals surface area contributed by atoms with Gasteiger partial charge in [0.15, 0.2) is 0 Å². The van der Waals surface area contributed by atoms with Crippen molar-refractivity contribution in [1.29, 1.82) is 0 Å². The molecule has 0 fully saturated rings. The van der Waals surface area contributed by atoms with Crippen LogP contribution in [-0.2, 0) is 6.42 Å². The normalized spacial score (nSPS) is 10.4. The largest absolute Gasteiger partial charge is 0.490 e. The number of amides is 1. The number of aryl methyl sites for hydroxylation is 1. The molecule has 0 atom stereocenters. The summed E-state index contributed by atoms with van der Waals surface area (Å²) in [6.07, 6.45) is 2.39. The molecule has 0 bridgehead atoms. The van der Waals surface area contributed by atoms with Crippen molar-refractivity contribution in [3.05, 3.63) is 83.4 Å². The van der Waals surface area contributed by atoms with Crippen molar-refractivity contribution < 1.29 is 9.53 Å². The van der Waals surface area contributed by atoms with E-state index in [9.17, 15) is 4.79 Å². The van der Waals surface area contributed by atoms with E-state index in [-0.39, 0.29) is 5.91 Å². The van der Waals surface area contributed by atoms with Gasteiger partial charge in [0.05, 0.1) is 5.69 Å². The van der Waals surface area contributed by atoms with Crippen molar-refractivity contribution in [3.8, 4) is 16.3 Å². The zero-order chi connectivity index (χ0) is 19.1. The maximum absolute atomic E-state index is 12.2. The Labute approximate surface area is 163 Å². The highest BCUT2D eigenvalue weighted by atomic mass is 32.1. The predicted octanol–water partition coefficient (Wildman–Crippen LogP) is 4.66. The van der Waals surface area contributed by atoms with E-state index in [2.05, 4.69) is 48.1 Å². The maximum Gasteiger partial charge on any atom is 0.251 e. The van der Waals surface area contributed by atoms with Gasteiger partial charge in [-0.1, -0.05) is 42.5 Å². The minimum Gasteiger partial charge on any atom is -0.490 e. The topological polar surface area (TPSA) is 51.2 Å². The first kappa shape index (κ1) is 18.9. The van der Waals surface area contributed by atoms with Crippen molar-refractivity contribution in [2.75, 3.05) is 13.2 Å². The number of nitrogens with one attached hydrogen (secondary N) is 1. The highest BCUT2D eigenvalue weighted by molar-refractivity contribution is 7.13. The predicted molar refractivity (Wildman–Crippen MR) is 110 cm³/mol. The van der Waals surface area contributed by atoms with E-state index in [1.54, 1.807) is 41.7 Å². The van der Waals surface area contributed by atoms with Crippen LogP contribution in [0.4, 0.5) is 0 Å². The number of carbonyl (C=O) groups is 1. The van der Waals surface area contributed by atoms with Gasteiger partial charge in [-0.15, -0.1) is 11.3 Å². The smallest absolute Gasteiger partial charge is 0.251 e. The van der Waals surface area contributed by atoms with E-state index < -0.39 is 0 Å². The summed E-state index contributed by atoms with van der Waals surface area (Å²) in [5.41, 5.74) is 3.96. The summed E-state index contributed by atoms with van der Waals surface area (Å²) < 4.78 is 5.42. The van der Waals surface area contributed by atoms with Crippen LogP contribution in [0.2, 0.25) is 0 Å². The highest BCUT2D eigenvalue weighted by Gasteiger charge is 2.07. The van der Waals surface area contributed by atoms with E-state index >= 15 is 0 Å². The van der Waals surface area contributed by atoms with Crippen LogP contribution in [0.25, 0.3) is 10.6 Å². The zero-order valence-electron chi connectivity index (χ0n) is 15.3. The maximum atomic E-state index is 12.2. The summed E-state index contributed by atoms with van der Waals surface area (Å²) >= 11 is 1.63. The minimum absolute atomic E-state index is 0.0979. The van der Waals surface area contributed by atoms with Crippen molar-refractivity contribution >= 4 is 17.2 Å². The fourth-order valence-corrected chi connectivity index (χ4v) is 3.37. The number of nitrogens with zero attached hydrogens (tertiary/aromatic N) is 1. The molecular formula is C22H22N2O2S. The van der Waals surface area contributed by atoms with E-state index in [1.807, 2.05) is 5.38 Å². The van der Waals surface area contributed by atoms with Gasteiger partial charge in [-0.3, -0.25) is 4.79 Å². The quantitative estimate of drug-likeness (QED) is 0.580. The van der Waals surface area contributed by atoms with Crippen molar-refractivity contribution in [2.24, 2.45) is 0 Å². The molecule has 1 amide bonds. The van der Waals surface area contributed by atoms with E-state index in [4.69, 9.17) is 4.74 Å². The molecule has 3 rings (SSSR count). The lowest BCUT2D eigenvalue weighted by Gasteiger charge is -2.06. The fraction of sp³-hybridized carbons (Fsp3) is 0.182. The molecule has 0 aliphatic rings. The van der Waals surface area contributed by atoms with Gasteiger partial charge in [0, 0.05) is 29.5 Å². The molecule has 27 heavy (non-hydrogen) atoms. The molecule has 0 aliphatic heterocycles. The second kappa shape index (κ2) is 9.14. The number of ether oxygens (including phenoxy) is 1. The van der Waals surface area contributed by atoms with Gasteiger partial charge >= 0.3 is 0 Å². The summed E-state index contributed by atoms with van der Waals surface area (Å²) in [5, 5.41) is 5.99. The SMILES string of the molecule is C=CCOc1ccc(C(=O)NCCc2csc(-c3ccc(C)cc3)n2)cc1. The Morgan fingerprint density at radius 3 is 2.63 bits per heavy atom. The van der Waals surface area contributed by atoms with Crippen LogP contribution in [0.15, 0.2) is 66.6 Å². The molecule has 1 heterocycles. The lowest BCUT2D eigenvalue weighted by Crippen LogP contribution is -2.25. The first-order valence-corrected chi connectivity index (χ1v) is 9.67. The zero-order valence-corrected chi connectivity index (χ0v) is 16.1. The summed E-state index contributed by atoms with van der Waals surface area (Å²) in [6.45, 7) is 6.67. The molecule has 0 saturated heterocycles. The molecule has 0 saturated carbocycles. The molecular weight excluding hydrogens is 356 g/mol. The van der Waals surface area contributed by atoms with Crippen LogP contribution in [0, 0.1) is 6.92 Å². The van der Waals surface area contributed by atoms with Gasteiger partial charge in [0.25, 0.3) is 5.91 Å². The highest BCUT2D eigenvalue weighted by Crippen LogP contribution is 2.24. The number of thiazole rings is 1. The minimum atomic E-state index is -0.0979. The Balaban J connectivity index is 1.50. The van der Waals surface area contributed by atoms with Crippen LogP contribution in [0.3, 0.4) is 0 Å². The third-order valence-electron chi connectivity index (χ3n) is 4.00. The Bertz CT molecular complexity index is 899. The van der Waals surface area contributed by atoms with E-state index in [1.165, 1.54) is 5.56 Å². The molecule has 2 aromatic carbocycles. The number of hydrogen-bond donors (Lipinski definition) is 1. The summed E-state index contributed by atoms with van der Waals surface area (Å²) in [4.78, 5) is 16.9. The molecule has 0 unspecified atom stereocenters. The van der Waals surface area contributed by atoms with Crippen molar-refractivity contribution in [1.82, 2.24) is 10.3 Å². The Morgan fingerprint density at radius 1 is 1.19 bits per heavy atom. The number of hydrogen-bond acceptors (Lipinski definition) is 4. The molecule has 0 spiro atoms.